The highest BCUT2D eigenvalue weighted by atomic mass is 16.5. The first-order valence-corrected chi connectivity index (χ1v) is 11.2. The van der Waals surface area contributed by atoms with Gasteiger partial charge in [0.2, 0.25) is 0 Å². The molecule has 1 atom stereocenters. The summed E-state index contributed by atoms with van der Waals surface area (Å²) in [5, 5.41) is 14.8. The number of hydrogen-bond acceptors (Lipinski definition) is 5. The summed E-state index contributed by atoms with van der Waals surface area (Å²) >= 11 is 0. The molecule has 180 valence electrons. The number of hydrogen-bond donors (Lipinski definition) is 1. The Hall–Kier alpha value is -4.26. The van der Waals surface area contributed by atoms with Gasteiger partial charge < -0.3 is 19.3 Å². The smallest absolute Gasteiger partial charge is 0.307 e. The summed E-state index contributed by atoms with van der Waals surface area (Å²) in [6.45, 7) is 0. The molecule has 7 heteroatoms. The lowest BCUT2D eigenvalue weighted by Crippen LogP contribution is -2.19. The molecule has 0 amide bonds. The fraction of sp³-hybridized carbons (Fsp3) is 0.214. The number of carboxylic acids is 1. The molecule has 0 fully saturated rings. The summed E-state index contributed by atoms with van der Waals surface area (Å²) in [5.74, 6) is 0.713. The molecule has 0 saturated carbocycles. The molecule has 35 heavy (non-hydrogen) atoms. The van der Waals surface area contributed by atoms with E-state index in [-0.39, 0.29) is 0 Å². The van der Waals surface area contributed by atoms with Gasteiger partial charge in [0.15, 0.2) is 0 Å². The number of methoxy groups -OCH3 is 3. The van der Waals surface area contributed by atoms with Crippen molar-refractivity contribution in [3.63, 3.8) is 0 Å². The Morgan fingerprint density at radius 1 is 0.829 bits per heavy atom. The van der Waals surface area contributed by atoms with E-state index < -0.39 is 11.9 Å². The summed E-state index contributed by atoms with van der Waals surface area (Å²) in [6.07, 6.45) is 0.665. The maximum atomic E-state index is 12.1. The fourth-order valence-electron chi connectivity index (χ4n) is 4.00. The molecular weight excluding hydrogens is 444 g/mol. The Labute approximate surface area is 204 Å². The highest BCUT2D eigenvalue weighted by Crippen LogP contribution is 2.28. The van der Waals surface area contributed by atoms with Crippen LogP contribution in [0.5, 0.6) is 17.2 Å². The van der Waals surface area contributed by atoms with Crippen LogP contribution in [0, 0.1) is 5.92 Å². The Morgan fingerprint density at radius 2 is 1.46 bits per heavy atom. The molecule has 1 aromatic heterocycles. The molecule has 7 nitrogen and oxygen atoms in total. The van der Waals surface area contributed by atoms with Crippen LogP contribution in [0.25, 0.3) is 16.9 Å². The molecule has 1 heterocycles. The van der Waals surface area contributed by atoms with Gasteiger partial charge >= 0.3 is 5.97 Å². The minimum Gasteiger partial charge on any atom is -0.497 e. The summed E-state index contributed by atoms with van der Waals surface area (Å²) in [6, 6.07) is 24.8. The van der Waals surface area contributed by atoms with Gasteiger partial charge in [-0.1, -0.05) is 12.1 Å². The van der Waals surface area contributed by atoms with Crippen molar-refractivity contribution in [2.75, 3.05) is 21.3 Å². The first-order chi connectivity index (χ1) is 17.0. The van der Waals surface area contributed by atoms with Crippen molar-refractivity contribution >= 4 is 5.97 Å². The third-order valence-electron chi connectivity index (χ3n) is 5.88. The number of carboxylic acid groups (broad SMARTS) is 1. The van der Waals surface area contributed by atoms with Gasteiger partial charge in [-0.05, 0) is 78.7 Å². The minimum atomic E-state index is -0.863. The van der Waals surface area contributed by atoms with Gasteiger partial charge in [-0.3, -0.25) is 4.79 Å². The largest absolute Gasteiger partial charge is 0.497 e. The number of ether oxygens (including phenoxy) is 3. The lowest BCUT2D eigenvalue weighted by Gasteiger charge is -2.12. The van der Waals surface area contributed by atoms with E-state index in [2.05, 4.69) is 0 Å². The van der Waals surface area contributed by atoms with Crippen LogP contribution < -0.4 is 14.2 Å². The average Bonchev–Trinajstić information content (AvgIpc) is 3.32. The number of carbonyl (C=O) groups is 1. The quantitative estimate of drug-likeness (QED) is 0.348. The number of aliphatic carboxylic acids is 1. The van der Waals surface area contributed by atoms with E-state index in [1.807, 2.05) is 83.5 Å². The van der Waals surface area contributed by atoms with E-state index in [1.54, 1.807) is 21.3 Å². The number of rotatable bonds is 10. The van der Waals surface area contributed by atoms with Crippen LogP contribution in [-0.2, 0) is 17.6 Å². The van der Waals surface area contributed by atoms with E-state index in [1.165, 1.54) is 0 Å². The second-order valence-corrected chi connectivity index (χ2v) is 8.15. The summed E-state index contributed by atoms with van der Waals surface area (Å²) in [7, 11) is 4.85. The van der Waals surface area contributed by atoms with Gasteiger partial charge in [0.25, 0.3) is 0 Å². The van der Waals surface area contributed by atoms with Crippen LogP contribution in [0.3, 0.4) is 0 Å². The zero-order chi connectivity index (χ0) is 24.8. The number of aromatic nitrogens is 2. The van der Waals surface area contributed by atoms with Crippen molar-refractivity contribution < 1.29 is 24.1 Å². The normalized spacial score (nSPS) is 11.6. The molecule has 4 aromatic rings. The van der Waals surface area contributed by atoms with E-state index in [0.717, 1.165) is 34.0 Å². The predicted octanol–water partition coefficient (Wildman–Crippen LogP) is 5.05. The van der Waals surface area contributed by atoms with Gasteiger partial charge in [0, 0.05) is 12.0 Å². The molecule has 0 spiro atoms. The van der Waals surface area contributed by atoms with E-state index in [0.29, 0.717) is 24.3 Å². The van der Waals surface area contributed by atoms with Crippen LogP contribution in [0.2, 0.25) is 0 Å². The SMILES string of the molecule is COc1ccc(-c2cc(CC(Cc3cccc(OC)c3)C(=O)O)nn2-c2ccc(OC)cc2)cc1. The van der Waals surface area contributed by atoms with Crippen molar-refractivity contribution in [3.8, 4) is 34.2 Å². The van der Waals surface area contributed by atoms with Crippen LogP contribution in [0.1, 0.15) is 11.3 Å². The molecule has 0 aliphatic carbocycles. The maximum Gasteiger partial charge on any atom is 0.307 e. The van der Waals surface area contributed by atoms with Crippen LogP contribution in [0.4, 0.5) is 0 Å². The molecular formula is C28H28N2O5. The van der Waals surface area contributed by atoms with Crippen molar-refractivity contribution in [1.29, 1.82) is 0 Å². The monoisotopic (exact) mass is 472 g/mol. The van der Waals surface area contributed by atoms with Gasteiger partial charge in [0.05, 0.1) is 44.3 Å². The molecule has 1 unspecified atom stereocenters. The molecule has 0 bridgehead atoms. The third kappa shape index (κ3) is 5.63. The Morgan fingerprint density at radius 3 is 2.06 bits per heavy atom. The molecule has 3 aromatic carbocycles. The maximum absolute atomic E-state index is 12.1. The third-order valence-corrected chi connectivity index (χ3v) is 5.88. The Kier molecular flexibility index (Phi) is 7.35. The number of nitrogens with zero attached hydrogens (tertiary/aromatic N) is 2. The van der Waals surface area contributed by atoms with Gasteiger partial charge in [0.1, 0.15) is 17.2 Å². The first-order valence-electron chi connectivity index (χ1n) is 11.2. The average molecular weight is 473 g/mol. The molecule has 0 radical (unpaired) electrons. The minimum absolute atomic E-state index is 0.291. The second kappa shape index (κ2) is 10.8. The van der Waals surface area contributed by atoms with Crippen molar-refractivity contribution in [3.05, 3.63) is 90.1 Å². The van der Waals surface area contributed by atoms with Gasteiger partial charge in [-0.25, -0.2) is 4.68 Å². The standard InChI is InChI=1S/C28H28N2O5/c1-33-24-11-7-20(8-12-24)27-18-22(29-30(27)23-9-13-25(34-2)14-10-23)17-21(28(31)32)15-19-5-4-6-26(16-19)35-3/h4-14,16,18,21H,15,17H2,1-3H3,(H,31,32). The lowest BCUT2D eigenvalue weighted by atomic mass is 9.94. The van der Waals surface area contributed by atoms with Gasteiger partial charge in [-0.2, -0.15) is 5.10 Å². The van der Waals surface area contributed by atoms with E-state index >= 15 is 0 Å². The molecule has 4 rings (SSSR count). The zero-order valence-corrected chi connectivity index (χ0v) is 20.0. The van der Waals surface area contributed by atoms with Crippen LogP contribution in [-0.4, -0.2) is 42.2 Å². The zero-order valence-electron chi connectivity index (χ0n) is 20.0. The second-order valence-electron chi connectivity index (χ2n) is 8.15. The van der Waals surface area contributed by atoms with E-state index in [4.69, 9.17) is 19.3 Å². The summed E-state index contributed by atoms with van der Waals surface area (Å²) in [4.78, 5) is 12.1. The topological polar surface area (TPSA) is 82.8 Å². The molecule has 1 N–H and O–H groups in total. The van der Waals surface area contributed by atoms with Crippen LogP contribution in [0.15, 0.2) is 78.9 Å². The summed E-state index contributed by atoms with van der Waals surface area (Å²) < 4.78 is 17.7. The first kappa shape index (κ1) is 23.9. The van der Waals surface area contributed by atoms with Crippen molar-refractivity contribution in [2.45, 2.75) is 12.8 Å². The molecule has 0 saturated heterocycles. The Balaban J connectivity index is 1.69. The molecule has 0 aliphatic heterocycles. The highest BCUT2D eigenvalue weighted by Gasteiger charge is 2.22. The van der Waals surface area contributed by atoms with Crippen molar-refractivity contribution in [2.24, 2.45) is 5.92 Å². The highest BCUT2D eigenvalue weighted by molar-refractivity contribution is 5.71. The Bertz CT molecular complexity index is 1210. The lowest BCUT2D eigenvalue weighted by molar-refractivity contribution is -0.141. The van der Waals surface area contributed by atoms with E-state index in [9.17, 15) is 9.90 Å². The summed E-state index contributed by atoms with van der Waals surface area (Å²) in [5.41, 5.74) is 4.25. The van der Waals surface area contributed by atoms with Gasteiger partial charge in [-0.15, -0.1) is 0 Å². The number of benzene rings is 3. The van der Waals surface area contributed by atoms with Crippen molar-refractivity contribution in [1.82, 2.24) is 9.78 Å². The fourth-order valence-corrected chi connectivity index (χ4v) is 4.00. The molecule has 0 aliphatic rings. The predicted molar refractivity (Wildman–Crippen MR) is 134 cm³/mol. The van der Waals surface area contributed by atoms with Crippen LogP contribution >= 0.6 is 0 Å².